The second kappa shape index (κ2) is 11.0. The molecule has 4 rings (SSSR count). The molecule has 0 radical (unpaired) electrons. The average Bonchev–Trinajstić information content (AvgIpc) is 2.78. The normalized spacial score (nSPS) is 10.9. The Labute approximate surface area is 190 Å². The first-order valence-corrected chi connectivity index (χ1v) is 11.4. The van der Waals surface area contributed by atoms with Crippen molar-refractivity contribution in [2.45, 2.75) is 19.9 Å². The lowest BCUT2D eigenvalue weighted by molar-refractivity contribution is -2.00. The lowest BCUT2D eigenvalue weighted by atomic mass is 10.0. The molecular weight excluding hydrogens is 426 g/mol. The van der Waals surface area contributed by atoms with Crippen LogP contribution in [0.15, 0.2) is 103 Å². The number of rotatable bonds is 5. The highest BCUT2D eigenvalue weighted by Gasteiger charge is 2.18. The van der Waals surface area contributed by atoms with Crippen LogP contribution in [0.3, 0.4) is 0 Å². The van der Waals surface area contributed by atoms with Gasteiger partial charge in [-0.05, 0) is 28.8 Å². The Morgan fingerprint density at radius 2 is 1.09 bits per heavy atom. The van der Waals surface area contributed by atoms with E-state index in [0.29, 0.717) is 0 Å². The van der Waals surface area contributed by atoms with Gasteiger partial charge in [-0.25, -0.2) is 18.6 Å². The van der Waals surface area contributed by atoms with Gasteiger partial charge in [0.2, 0.25) is 5.69 Å². The summed E-state index contributed by atoms with van der Waals surface area (Å²) in [5.74, 6) is 0. The van der Waals surface area contributed by atoms with Crippen LogP contribution in [0.1, 0.15) is 11.3 Å². The fourth-order valence-corrected chi connectivity index (χ4v) is 3.59. The topological polar surface area (TPSA) is 96.1 Å². The van der Waals surface area contributed by atoms with Crippen molar-refractivity contribution in [1.29, 1.82) is 0 Å². The molecule has 1 aromatic heterocycles. The molecule has 0 saturated carbocycles. The molecule has 0 N–H and O–H groups in total. The fourth-order valence-electron chi connectivity index (χ4n) is 3.59. The van der Waals surface area contributed by atoms with E-state index in [0.717, 1.165) is 13.0 Å². The molecule has 0 aliphatic carbocycles. The van der Waals surface area contributed by atoms with Crippen molar-refractivity contribution in [2.75, 3.05) is 0 Å². The van der Waals surface area contributed by atoms with Gasteiger partial charge in [-0.1, -0.05) is 78.9 Å². The molecule has 0 atom stereocenters. The van der Waals surface area contributed by atoms with Crippen molar-refractivity contribution in [3.63, 3.8) is 0 Å². The van der Waals surface area contributed by atoms with E-state index in [-0.39, 0.29) is 0 Å². The third-order valence-electron chi connectivity index (χ3n) is 5.02. The van der Waals surface area contributed by atoms with Crippen LogP contribution in [-0.4, -0.2) is 0 Å². The zero-order valence-electron chi connectivity index (χ0n) is 17.7. The summed E-state index contributed by atoms with van der Waals surface area (Å²) >= 11 is 0. The van der Waals surface area contributed by atoms with Crippen LogP contribution in [-0.2, 0) is 13.0 Å². The SMILES string of the molecule is Cc1cc(-c2ccccc2)cc(-c2ccccc2)[n+]1CCc1ccccc1.[O-][Cl+3]([O-])([O-])[O-]. The predicted molar refractivity (Wildman–Crippen MR) is 112 cm³/mol. The van der Waals surface area contributed by atoms with Gasteiger partial charge in [-0.2, -0.15) is 4.57 Å². The van der Waals surface area contributed by atoms with Crippen molar-refractivity contribution < 1.29 is 33.4 Å². The summed E-state index contributed by atoms with van der Waals surface area (Å²) in [7, 11) is -4.94. The molecule has 6 heteroatoms. The third kappa shape index (κ3) is 7.27. The molecule has 0 saturated heterocycles. The molecule has 0 amide bonds. The standard InChI is InChI=1S/C26H24N.ClHO4/c1-21-19-25(23-13-7-3-8-14-23)20-26(24-15-9-4-10-16-24)27(21)18-17-22-11-5-2-6-12-22;2-1(3,4)5/h2-16,19-20H,17-18H2,1H3;(H,2,3,4,5)/q+1;/p-1. The minimum atomic E-state index is -4.94. The van der Waals surface area contributed by atoms with E-state index in [1.54, 1.807) is 0 Å². The molecule has 0 fully saturated rings. The predicted octanol–water partition coefficient (Wildman–Crippen LogP) is 1.10. The van der Waals surface area contributed by atoms with Crippen LogP contribution >= 0.6 is 0 Å². The van der Waals surface area contributed by atoms with Crippen molar-refractivity contribution in [3.8, 4) is 22.4 Å². The van der Waals surface area contributed by atoms with Crippen LogP contribution in [0.2, 0.25) is 0 Å². The number of aromatic nitrogens is 1. The van der Waals surface area contributed by atoms with Crippen LogP contribution < -0.4 is 23.2 Å². The van der Waals surface area contributed by atoms with Gasteiger partial charge in [0.1, 0.15) is 0 Å². The number of nitrogens with zero attached hydrogens (tertiary/aromatic N) is 1. The molecule has 0 spiro atoms. The van der Waals surface area contributed by atoms with Gasteiger partial charge in [0, 0.05) is 31.0 Å². The number of aryl methyl sites for hydroxylation is 2. The average molecular weight is 450 g/mol. The number of hydrogen-bond acceptors (Lipinski definition) is 4. The van der Waals surface area contributed by atoms with Crippen molar-refractivity contribution >= 4 is 0 Å². The van der Waals surface area contributed by atoms with Crippen LogP contribution in [0.5, 0.6) is 0 Å². The Balaban J connectivity index is 0.000000523. The lowest BCUT2D eigenvalue weighted by Gasteiger charge is -2.17. The highest BCUT2D eigenvalue weighted by molar-refractivity contribution is 5.69. The molecule has 32 heavy (non-hydrogen) atoms. The maximum absolute atomic E-state index is 8.49. The Morgan fingerprint density at radius 3 is 1.62 bits per heavy atom. The van der Waals surface area contributed by atoms with E-state index < -0.39 is 10.2 Å². The molecule has 0 unspecified atom stereocenters. The number of hydrogen-bond donors (Lipinski definition) is 0. The van der Waals surface area contributed by atoms with Crippen molar-refractivity contribution in [3.05, 3.63) is 114 Å². The van der Waals surface area contributed by atoms with Crippen molar-refractivity contribution in [1.82, 2.24) is 0 Å². The first-order valence-electron chi connectivity index (χ1n) is 10.1. The summed E-state index contributed by atoms with van der Waals surface area (Å²) in [5, 5.41) is 0. The summed E-state index contributed by atoms with van der Waals surface area (Å²) < 4.78 is 36.4. The first-order chi connectivity index (χ1) is 15.3. The third-order valence-corrected chi connectivity index (χ3v) is 5.02. The quantitative estimate of drug-likeness (QED) is 0.426. The summed E-state index contributed by atoms with van der Waals surface area (Å²) in [6.07, 6.45) is 1.02. The van der Waals surface area contributed by atoms with Gasteiger partial charge in [-0.15, -0.1) is 10.2 Å². The Hall–Kier alpha value is -3.06. The van der Waals surface area contributed by atoms with Crippen LogP contribution in [0.4, 0.5) is 0 Å². The Morgan fingerprint density at radius 1 is 0.625 bits per heavy atom. The van der Waals surface area contributed by atoms with E-state index >= 15 is 0 Å². The van der Waals surface area contributed by atoms with Gasteiger partial charge < -0.3 is 0 Å². The van der Waals surface area contributed by atoms with E-state index in [4.69, 9.17) is 18.6 Å². The molecule has 164 valence electrons. The van der Waals surface area contributed by atoms with Gasteiger partial charge in [0.15, 0.2) is 12.2 Å². The fraction of sp³-hybridized carbons (Fsp3) is 0.115. The molecule has 3 aromatic carbocycles. The lowest BCUT2D eigenvalue weighted by Crippen LogP contribution is -2.68. The minimum Gasteiger partial charge on any atom is -0.222 e. The van der Waals surface area contributed by atoms with Gasteiger partial charge >= 0.3 is 0 Å². The summed E-state index contributed by atoms with van der Waals surface area (Å²) in [6.45, 7) is 3.18. The number of halogens is 1. The maximum atomic E-state index is 8.49. The molecular formula is C26H24ClNO4. The Bertz CT molecular complexity index is 1110. The maximum Gasteiger partial charge on any atom is 0.213 e. The number of benzene rings is 3. The molecule has 0 aliphatic heterocycles. The highest BCUT2D eigenvalue weighted by Crippen LogP contribution is 2.25. The summed E-state index contributed by atoms with van der Waals surface area (Å²) in [4.78, 5) is 0. The molecule has 0 aliphatic rings. The van der Waals surface area contributed by atoms with Crippen LogP contribution in [0.25, 0.3) is 22.4 Å². The molecule has 1 heterocycles. The smallest absolute Gasteiger partial charge is 0.213 e. The zero-order chi connectivity index (χ0) is 23.0. The molecule has 4 aromatic rings. The summed E-state index contributed by atoms with van der Waals surface area (Å²) in [5.41, 5.74) is 7.70. The second-order valence-electron chi connectivity index (χ2n) is 7.27. The van der Waals surface area contributed by atoms with Gasteiger partial charge in [-0.3, -0.25) is 0 Å². The van der Waals surface area contributed by atoms with Crippen molar-refractivity contribution in [2.24, 2.45) is 0 Å². The van der Waals surface area contributed by atoms with E-state index in [2.05, 4.69) is 115 Å². The molecule has 0 bridgehead atoms. The second-order valence-corrected chi connectivity index (χ2v) is 8.02. The van der Waals surface area contributed by atoms with E-state index in [9.17, 15) is 0 Å². The van der Waals surface area contributed by atoms with E-state index in [1.807, 2.05) is 0 Å². The zero-order valence-corrected chi connectivity index (χ0v) is 18.4. The van der Waals surface area contributed by atoms with E-state index in [1.165, 1.54) is 33.6 Å². The highest BCUT2D eigenvalue weighted by atomic mass is 35.7. The number of pyridine rings is 1. The monoisotopic (exact) mass is 449 g/mol. The first kappa shape index (κ1) is 23.6. The summed E-state index contributed by atoms with van der Waals surface area (Å²) in [6, 6.07) is 36.7. The minimum absolute atomic E-state index is 0.967. The van der Waals surface area contributed by atoms with Crippen LogP contribution in [0, 0.1) is 17.2 Å². The largest absolute Gasteiger partial charge is 0.222 e. The Kier molecular flexibility index (Phi) is 8.11. The van der Waals surface area contributed by atoms with Gasteiger partial charge in [0.25, 0.3) is 0 Å². The van der Waals surface area contributed by atoms with Gasteiger partial charge in [0.05, 0.1) is 0 Å². The molecule has 5 nitrogen and oxygen atoms in total.